The van der Waals surface area contributed by atoms with E-state index in [0.717, 1.165) is 25.2 Å². The summed E-state index contributed by atoms with van der Waals surface area (Å²) >= 11 is 0. The standard InChI is InChI=1S/C18H32O4/c1-15(2)12-10-8-6-4-3-5-7-9-11-13-16(18(21)22)14-17(19)20/h11,13,15-16H,3-10,12,14H2,1-2H3,(H,19,20)(H,21,22). The van der Waals surface area contributed by atoms with Gasteiger partial charge in [0.15, 0.2) is 0 Å². The molecule has 4 heteroatoms. The molecule has 1 atom stereocenters. The van der Waals surface area contributed by atoms with E-state index in [1.807, 2.05) is 6.08 Å². The topological polar surface area (TPSA) is 74.6 Å². The monoisotopic (exact) mass is 312 g/mol. The lowest BCUT2D eigenvalue weighted by molar-refractivity contribution is -0.146. The van der Waals surface area contributed by atoms with Gasteiger partial charge in [0, 0.05) is 0 Å². The molecule has 0 rings (SSSR count). The smallest absolute Gasteiger partial charge is 0.310 e. The van der Waals surface area contributed by atoms with Gasteiger partial charge >= 0.3 is 11.9 Å². The zero-order valence-electron chi connectivity index (χ0n) is 14.1. The summed E-state index contributed by atoms with van der Waals surface area (Å²) in [7, 11) is 0. The number of unbranched alkanes of at least 4 members (excludes halogenated alkanes) is 7. The van der Waals surface area contributed by atoms with Gasteiger partial charge in [0.05, 0.1) is 12.3 Å². The largest absolute Gasteiger partial charge is 0.481 e. The van der Waals surface area contributed by atoms with Crippen molar-refractivity contribution in [3.63, 3.8) is 0 Å². The Morgan fingerprint density at radius 1 is 0.909 bits per heavy atom. The number of hydrogen-bond acceptors (Lipinski definition) is 2. The molecule has 0 aromatic carbocycles. The van der Waals surface area contributed by atoms with Gasteiger partial charge < -0.3 is 10.2 Å². The van der Waals surface area contributed by atoms with Crippen molar-refractivity contribution < 1.29 is 19.8 Å². The number of carboxylic acids is 2. The van der Waals surface area contributed by atoms with Crippen LogP contribution in [0.5, 0.6) is 0 Å². The first kappa shape index (κ1) is 20.7. The van der Waals surface area contributed by atoms with Crippen LogP contribution in [0.25, 0.3) is 0 Å². The van der Waals surface area contributed by atoms with Gasteiger partial charge in [-0.25, -0.2) is 0 Å². The molecule has 0 aliphatic heterocycles. The van der Waals surface area contributed by atoms with Crippen molar-refractivity contribution in [2.45, 2.75) is 78.1 Å². The molecule has 22 heavy (non-hydrogen) atoms. The highest BCUT2D eigenvalue weighted by atomic mass is 16.4. The van der Waals surface area contributed by atoms with E-state index in [1.165, 1.54) is 44.6 Å². The van der Waals surface area contributed by atoms with Crippen LogP contribution in [0.3, 0.4) is 0 Å². The van der Waals surface area contributed by atoms with Crippen molar-refractivity contribution in [3.05, 3.63) is 12.2 Å². The number of aliphatic carboxylic acids is 2. The molecule has 1 unspecified atom stereocenters. The zero-order valence-corrected chi connectivity index (χ0v) is 14.1. The predicted octanol–water partition coefficient (Wildman–Crippen LogP) is 4.89. The van der Waals surface area contributed by atoms with Crippen molar-refractivity contribution in [2.75, 3.05) is 0 Å². The average molecular weight is 312 g/mol. The van der Waals surface area contributed by atoms with Crippen molar-refractivity contribution in [3.8, 4) is 0 Å². The Morgan fingerprint density at radius 3 is 1.95 bits per heavy atom. The zero-order chi connectivity index (χ0) is 16.8. The summed E-state index contributed by atoms with van der Waals surface area (Å²) in [4.78, 5) is 21.4. The number of carbonyl (C=O) groups is 2. The molecule has 0 aliphatic rings. The lowest BCUT2D eigenvalue weighted by atomic mass is 10.0. The molecular weight excluding hydrogens is 280 g/mol. The summed E-state index contributed by atoms with van der Waals surface area (Å²) in [5.41, 5.74) is 0. The maximum atomic E-state index is 10.9. The molecule has 0 heterocycles. The van der Waals surface area contributed by atoms with Gasteiger partial charge in [0.2, 0.25) is 0 Å². The number of rotatable bonds is 14. The van der Waals surface area contributed by atoms with E-state index < -0.39 is 17.9 Å². The maximum Gasteiger partial charge on any atom is 0.310 e. The summed E-state index contributed by atoms with van der Waals surface area (Å²) in [5, 5.41) is 17.5. The third kappa shape index (κ3) is 13.7. The Balaban J connectivity index is 3.53. The highest BCUT2D eigenvalue weighted by molar-refractivity contribution is 5.79. The Labute approximate surface area is 134 Å². The summed E-state index contributed by atoms with van der Waals surface area (Å²) < 4.78 is 0. The molecule has 0 bridgehead atoms. The van der Waals surface area contributed by atoms with E-state index >= 15 is 0 Å². The molecule has 0 aromatic rings. The number of allylic oxidation sites excluding steroid dienone is 1. The first-order chi connectivity index (χ1) is 10.4. The van der Waals surface area contributed by atoms with Gasteiger partial charge in [0.1, 0.15) is 0 Å². The van der Waals surface area contributed by atoms with E-state index in [9.17, 15) is 9.59 Å². The van der Waals surface area contributed by atoms with Crippen molar-refractivity contribution in [2.24, 2.45) is 11.8 Å². The van der Waals surface area contributed by atoms with Gasteiger partial charge in [-0.05, 0) is 18.8 Å². The van der Waals surface area contributed by atoms with Crippen LogP contribution in [0.2, 0.25) is 0 Å². The lowest BCUT2D eigenvalue weighted by Crippen LogP contribution is -2.15. The summed E-state index contributed by atoms with van der Waals surface area (Å²) in [6.45, 7) is 4.53. The van der Waals surface area contributed by atoms with Gasteiger partial charge in [-0.1, -0.05) is 70.9 Å². The van der Waals surface area contributed by atoms with E-state index in [0.29, 0.717) is 0 Å². The van der Waals surface area contributed by atoms with E-state index in [-0.39, 0.29) is 6.42 Å². The average Bonchev–Trinajstić information content (AvgIpc) is 2.42. The fourth-order valence-electron chi connectivity index (χ4n) is 2.38. The van der Waals surface area contributed by atoms with Gasteiger partial charge in [-0.3, -0.25) is 9.59 Å². The molecule has 0 radical (unpaired) electrons. The minimum Gasteiger partial charge on any atom is -0.481 e. The van der Waals surface area contributed by atoms with Crippen LogP contribution in [0.15, 0.2) is 12.2 Å². The first-order valence-electron chi connectivity index (χ1n) is 8.54. The van der Waals surface area contributed by atoms with Crippen molar-refractivity contribution >= 4 is 11.9 Å². The third-order valence-electron chi connectivity index (χ3n) is 3.73. The summed E-state index contributed by atoms with van der Waals surface area (Å²) in [6, 6.07) is 0. The second-order valence-electron chi connectivity index (χ2n) is 6.42. The Morgan fingerprint density at radius 2 is 1.45 bits per heavy atom. The third-order valence-corrected chi connectivity index (χ3v) is 3.73. The molecule has 0 spiro atoms. The van der Waals surface area contributed by atoms with Crippen molar-refractivity contribution in [1.82, 2.24) is 0 Å². The lowest BCUT2D eigenvalue weighted by Gasteiger charge is -2.04. The van der Waals surface area contributed by atoms with Crippen LogP contribution in [-0.4, -0.2) is 22.2 Å². The Kier molecular flexibility index (Phi) is 12.5. The predicted molar refractivity (Wildman–Crippen MR) is 88.9 cm³/mol. The number of carboxylic acid groups (broad SMARTS) is 2. The molecular formula is C18H32O4. The van der Waals surface area contributed by atoms with Crippen LogP contribution in [-0.2, 0) is 9.59 Å². The molecule has 0 amide bonds. The summed E-state index contributed by atoms with van der Waals surface area (Å²) in [6.07, 6.45) is 13.8. The Hall–Kier alpha value is -1.32. The van der Waals surface area contributed by atoms with Crippen LogP contribution in [0, 0.1) is 11.8 Å². The van der Waals surface area contributed by atoms with Gasteiger partial charge in [-0.15, -0.1) is 0 Å². The molecule has 0 aliphatic carbocycles. The molecule has 0 fully saturated rings. The molecule has 0 saturated carbocycles. The molecule has 4 nitrogen and oxygen atoms in total. The minimum atomic E-state index is -1.07. The minimum absolute atomic E-state index is 0.345. The molecule has 0 saturated heterocycles. The fraction of sp³-hybridized carbons (Fsp3) is 0.778. The van der Waals surface area contributed by atoms with Crippen LogP contribution in [0.4, 0.5) is 0 Å². The maximum absolute atomic E-state index is 10.9. The molecule has 2 N–H and O–H groups in total. The van der Waals surface area contributed by atoms with Crippen LogP contribution >= 0.6 is 0 Å². The quantitative estimate of drug-likeness (QED) is 0.354. The fourth-order valence-corrected chi connectivity index (χ4v) is 2.38. The van der Waals surface area contributed by atoms with Crippen LogP contribution < -0.4 is 0 Å². The highest BCUT2D eigenvalue weighted by Crippen LogP contribution is 2.13. The van der Waals surface area contributed by atoms with Crippen LogP contribution in [0.1, 0.15) is 78.1 Å². The summed E-state index contributed by atoms with van der Waals surface area (Å²) in [5.74, 6) is -2.24. The van der Waals surface area contributed by atoms with E-state index in [2.05, 4.69) is 13.8 Å². The first-order valence-corrected chi connectivity index (χ1v) is 8.54. The Bertz CT molecular complexity index is 334. The SMILES string of the molecule is CC(C)CCCCCCCCCC=CC(CC(=O)O)C(=O)O. The second kappa shape index (κ2) is 13.4. The normalized spacial score (nSPS) is 12.9. The van der Waals surface area contributed by atoms with Gasteiger partial charge in [0.25, 0.3) is 0 Å². The van der Waals surface area contributed by atoms with Crippen molar-refractivity contribution in [1.29, 1.82) is 0 Å². The van der Waals surface area contributed by atoms with E-state index in [4.69, 9.17) is 10.2 Å². The van der Waals surface area contributed by atoms with Gasteiger partial charge in [-0.2, -0.15) is 0 Å². The second-order valence-corrected chi connectivity index (χ2v) is 6.42. The molecule has 0 aromatic heterocycles. The van der Waals surface area contributed by atoms with E-state index in [1.54, 1.807) is 0 Å². The highest BCUT2D eigenvalue weighted by Gasteiger charge is 2.17. The molecule has 128 valence electrons. The number of hydrogen-bond donors (Lipinski definition) is 2.